The van der Waals surface area contributed by atoms with Crippen LogP contribution in [0.5, 0.6) is 0 Å². The predicted molar refractivity (Wildman–Crippen MR) is 119 cm³/mol. The van der Waals surface area contributed by atoms with Crippen molar-refractivity contribution >= 4 is 35.0 Å². The number of carbonyl (C=O) groups is 1. The monoisotopic (exact) mass is 477 g/mol. The van der Waals surface area contributed by atoms with E-state index in [0.717, 1.165) is 18.7 Å². The number of morpholine rings is 1. The Labute approximate surface area is 195 Å². The van der Waals surface area contributed by atoms with Crippen LogP contribution in [0.2, 0.25) is 10.0 Å². The van der Waals surface area contributed by atoms with Gasteiger partial charge in [0.15, 0.2) is 6.04 Å². The van der Waals surface area contributed by atoms with Crippen molar-refractivity contribution in [3.8, 4) is 0 Å². The van der Waals surface area contributed by atoms with Gasteiger partial charge in [-0.1, -0.05) is 35.3 Å². The lowest BCUT2D eigenvalue weighted by molar-refractivity contribution is -0.933. The zero-order valence-corrected chi connectivity index (χ0v) is 18.7. The van der Waals surface area contributed by atoms with Gasteiger partial charge in [0.25, 0.3) is 0 Å². The van der Waals surface area contributed by atoms with Crippen molar-refractivity contribution in [2.75, 3.05) is 38.2 Å². The Bertz CT molecular complexity index is 1020. The third kappa shape index (κ3) is 5.74. The molecule has 2 heterocycles. The second-order valence-electron chi connectivity index (χ2n) is 7.28. The largest absolute Gasteiger partial charge is 0.447 e. The van der Waals surface area contributed by atoms with E-state index < -0.39 is 6.09 Å². The summed E-state index contributed by atoms with van der Waals surface area (Å²) in [6.07, 6.45) is -0.560. The third-order valence-corrected chi connectivity index (χ3v) is 5.70. The van der Waals surface area contributed by atoms with E-state index in [9.17, 15) is 4.79 Å². The minimum Gasteiger partial charge on any atom is -0.447 e. The molecular formula is C21H23Cl2N6O3+. The van der Waals surface area contributed by atoms with Gasteiger partial charge in [-0.25, -0.2) is 9.48 Å². The number of benzene rings is 2. The van der Waals surface area contributed by atoms with E-state index in [0.29, 0.717) is 41.3 Å². The van der Waals surface area contributed by atoms with E-state index in [4.69, 9.17) is 32.7 Å². The number of hydrogen-bond donors (Lipinski definition) is 2. The number of ether oxygens (including phenoxy) is 2. The molecular weight excluding hydrogens is 455 g/mol. The van der Waals surface area contributed by atoms with Crippen LogP contribution in [0.15, 0.2) is 48.5 Å². The third-order valence-electron chi connectivity index (χ3n) is 5.19. The van der Waals surface area contributed by atoms with E-state index in [2.05, 4.69) is 20.8 Å². The van der Waals surface area contributed by atoms with Crippen molar-refractivity contribution < 1.29 is 19.2 Å². The number of hydrogen-bond acceptors (Lipinski definition) is 6. The van der Waals surface area contributed by atoms with Gasteiger partial charge >= 0.3 is 6.09 Å². The molecule has 0 spiro atoms. The molecule has 168 valence electrons. The summed E-state index contributed by atoms with van der Waals surface area (Å²) in [4.78, 5) is 13.4. The van der Waals surface area contributed by atoms with E-state index in [1.165, 1.54) is 4.90 Å². The maximum Gasteiger partial charge on any atom is 0.411 e. The molecule has 2 N–H and O–H groups in total. The fraction of sp³-hybridized carbons (Fsp3) is 0.333. The summed E-state index contributed by atoms with van der Waals surface area (Å²) < 4.78 is 12.5. The maximum absolute atomic E-state index is 12.1. The molecule has 0 bridgehead atoms. The highest BCUT2D eigenvalue weighted by Crippen LogP contribution is 2.20. The minimum atomic E-state index is -0.560. The second-order valence-corrected chi connectivity index (χ2v) is 8.16. The van der Waals surface area contributed by atoms with Gasteiger partial charge in [-0.15, -0.1) is 5.10 Å². The number of nitrogens with zero attached hydrogens (tertiary/aromatic N) is 4. The fourth-order valence-corrected chi connectivity index (χ4v) is 3.89. The maximum atomic E-state index is 12.1. The Morgan fingerprint density at radius 2 is 1.75 bits per heavy atom. The molecule has 2 aromatic carbocycles. The highest BCUT2D eigenvalue weighted by molar-refractivity contribution is 6.30. The Kier molecular flexibility index (Phi) is 7.54. The van der Waals surface area contributed by atoms with E-state index >= 15 is 0 Å². The van der Waals surface area contributed by atoms with E-state index in [-0.39, 0.29) is 12.6 Å². The molecule has 1 atom stereocenters. The molecule has 1 aliphatic heterocycles. The molecule has 1 unspecified atom stereocenters. The van der Waals surface area contributed by atoms with Crippen LogP contribution >= 0.6 is 23.2 Å². The minimum absolute atomic E-state index is 0.0888. The molecule has 0 radical (unpaired) electrons. The average Bonchev–Trinajstić information content (AvgIpc) is 3.25. The first-order valence-electron chi connectivity index (χ1n) is 10.2. The number of amides is 1. The zero-order valence-electron chi connectivity index (χ0n) is 17.2. The summed E-state index contributed by atoms with van der Waals surface area (Å²) in [5.74, 6) is 0.700. The van der Waals surface area contributed by atoms with Crippen molar-refractivity contribution in [1.29, 1.82) is 0 Å². The van der Waals surface area contributed by atoms with Crippen molar-refractivity contribution in [1.82, 2.24) is 20.2 Å². The van der Waals surface area contributed by atoms with Crippen LogP contribution in [0.25, 0.3) is 0 Å². The van der Waals surface area contributed by atoms with Crippen molar-refractivity contribution in [2.45, 2.75) is 12.6 Å². The van der Waals surface area contributed by atoms with Gasteiger partial charge in [0.1, 0.15) is 19.7 Å². The highest BCUT2D eigenvalue weighted by atomic mass is 35.5. The fourth-order valence-electron chi connectivity index (χ4n) is 3.63. The first-order chi connectivity index (χ1) is 15.6. The second kappa shape index (κ2) is 10.7. The zero-order chi connectivity index (χ0) is 22.3. The molecule has 1 saturated heterocycles. The molecule has 1 amide bonds. The standard InChI is InChI=1S/C21H22Cl2N6O3/c22-16-3-1-15(2-4-16)19(28-9-12-31-13-10-28)20-25-26-27-29(20)11-14-32-21(30)24-18-7-5-17(23)6-8-18/h1-8,19H,9-14H2,(H,24,30)/p+1. The molecule has 0 saturated carbocycles. The van der Waals surface area contributed by atoms with E-state index in [1.54, 1.807) is 28.9 Å². The van der Waals surface area contributed by atoms with Crippen LogP contribution in [0.3, 0.4) is 0 Å². The van der Waals surface area contributed by atoms with Crippen molar-refractivity contribution in [2.24, 2.45) is 0 Å². The van der Waals surface area contributed by atoms with Crippen LogP contribution in [0, 0.1) is 0 Å². The summed E-state index contributed by atoms with van der Waals surface area (Å²) in [6, 6.07) is 14.4. The summed E-state index contributed by atoms with van der Waals surface area (Å²) in [7, 11) is 0. The quantitative estimate of drug-likeness (QED) is 0.541. The Hall–Kier alpha value is -2.72. The summed E-state index contributed by atoms with van der Waals surface area (Å²) in [5.41, 5.74) is 1.66. The molecule has 32 heavy (non-hydrogen) atoms. The van der Waals surface area contributed by atoms with Gasteiger partial charge in [0.05, 0.1) is 19.8 Å². The van der Waals surface area contributed by atoms with Crippen LogP contribution in [-0.4, -0.2) is 59.2 Å². The van der Waals surface area contributed by atoms with Gasteiger partial charge in [0.2, 0.25) is 5.82 Å². The van der Waals surface area contributed by atoms with Crippen LogP contribution in [-0.2, 0) is 16.0 Å². The first kappa shape index (κ1) is 22.5. The molecule has 9 nitrogen and oxygen atoms in total. The number of carbonyl (C=O) groups excluding carboxylic acids is 1. The smallest absolute Gasteiger partial charge is 0.411 e. The topological polar surface area (TPSA) is 95.6 Å². The first-order valence-corrected chi connectivity index (χ1v) is 11.0. The Morgan fingerprint density at radius 3 is 2.44 bits per heavy atom. The van der Waals surface area contributed by atoms with Gasteiger partial charge in [-0.05, 0) is 46.8 Å². The molecule has 1 aliphatic rings. The molecule has 11 heteroatoms. The highest BCUT2D eigenvalue weighted by Gasteiger charge is 2.32. The van der Waals surface area contributed by atoms with Gasteiger partial charge in [-0.2, -0.15) is 0 Å². The van der Waals surface area contributed by atoms with Crippen molar-refractivity contribution in [3.05, 3.63) is 70.0 Å². The SMILES string of the molecule is O=C(Nc1ccc(Cl)cc1)OCCn1nnnc1C(c1ccc(Cl)cc1)[NH+]1CCOCC1. The van der Waals surface area contributed by atoms with Gasteiger partial charge < -0.3 is 14.4 Å². The molecule has 1 fully saturated rings. The number of nitrogens with one attached hydrogen (secondary N) is 2. The molecule has 3 aromatic rings. The lowest BCUT2D eigenvalue weighted by Gasteiger charge is -2.31. The summed E-state index contributed by atoms with van der Waals surface area (Å²) in [5, 5.41) is 16.2. The number of quaternary nitrogens is 1. The van der Waals surface area contributed by atoms with Crippen LogP contribution in [0.4, 0.5) is 10.5 Å². The number of halogens is 2. The van der Waals surface area contributed by atoms with E-state index in [1.807, 2.05) is 24.3 Å². The lowest BCUT2D eigenvalue weighted by atomic mass is 10.0. The number of anilines is 1. The summed E-state index contributed by atoms with van der Waals surface area (Å²) >= 11 is 11.9. The van der Waals surface area contributed by atoms with Crippen LogP contribution < -0.4 is 10.2 Å². The summed E-state index contributed by atoms with van der Waals surface area (Å²) in [6.45, 7) is 3.46. The number of aromatic nitrogens is 4. The normalized spacial score (nSPS) is 15.3. The predicted octanol–water partition coefficient (Wildman–Crippen LogP) is 2.23. The average molecular weight is 478 g/mol. The molecule has 1 aromatic heterocycles. The number of tetrazole rings is 1. The number of rotatable bonds is 7. The van der Waals surface area contributed by atoms with Gasteiger partial charge in [-0.3, -0.25) is 5.32 Å². The Balaban J connectivity index is 1.43. The Morgan fingerprint density at radius 1 is 1.09 bits per heavy atom. The van der Waals surface area contributed by atoms with Crippen LogP contribution in [0.1, 0.15) is 17.4 Å². The molecule has 4 rings (SSSR count). The van der Waals surface area contributed by atoms with Crippen molar-refractivity contribution in [3.63, 3.8) is 0 Å². The molecule has 0 aliphatic carbocycles. The van der Waals surface area contributed by atoms with Gasteiger partial charge in [0, 0.05) is 21.3 Å². The lowest BCUT2D eigenvalue weighted by Crippen LogP contribution is -3.14.